The molecule has 0 amide bonds. The van der Waals surface area contributed by atoms with Gasteiger partial charge in [0.05, 0.1) is 12.7 Å². The van der Waals surface area contributed by atoms with E-state index in [-0.39, 0.29) is 6.61 Å². The first-order valence-electron chi connectivity index (χ1n) is 2.94. The van der Waals surface area contributed by atoms with Crippen molar-refractivity contribution in [1.29, 1.82) is 5.26 Å². The van der Waals surface area contributed by atoms with E-state index in [0.29, 0.717) is 5.57 Å². The Labute approximate surface area is 61.1 Å². The average molecular weight is 137 g/mol. The molecule has 0 aliphatic carbocycles. The molecule has 0 aromatic rings. The lowest BCUT2D eigenvalue weighted by Crippen LogP contribution is -2.19. The van der Waals surface area contributed by atoms with Crippen LogP contribution < -0.4 is 0 Å². The Balaban J connectivity index is 4.52. The molecule has 0 saturated heterocycles. The number of allylic oxidation sites excluding steroid dienone is 1. The van der Waals surface area contributed by atoms with E-state index < -0.39 is 5.41 Å². The van der Waals surface area contributed by atoms with Gasteiger partial charge in [0.2, 0.25) is 0 Å². The molecule has 0 rings (SSSR count). The minimum absolute atomic E-state index is 0.214. The molecule has 10 heavy (non-hydrogen) atoms. The largest absolute Gasteiger partial charge is 0.394 e. The first-order valence-corrected chi connectivity index (χ1v) is 2.94. The molecular weight excluding hydrogens is 126 g/mol. The lowest BCUT2D eigenvalue weighted by molar-refractivity contribution is 0.219. The van der Waals surface area contributed by atoms with Crippen LogP contribution in [-0.2, 0) is 0 Å². The van der Waals surface area contributed by atoms with Crippen molar-refractivity contribution >= 4 is 0 Å². The fraction of sp³-hybridized carbons (Fsp3) is 0.375. The van der Waals surface area contributed by atoms with Gasteiger partial charge < -0.3 is 5.11 Å². The summed E-state index contributed by atoms with van der Waals surface area (Å²) in [6, 6.07) is 1.96. The van der Waals surface area contributed by atoms with Gasteiger partial charge >= 0.3 is 0 Å². The predicted molar refractivity (Wildman–Crippen MR) is 40.1 cm³/mol. The Morgan fingerprint density at radius 3 is 2.50 bits per heavy atom. The summed E-state index contributed by atoms with van der Waals surface area (Å²) in [4.78, 5) is 0. The molecule has 0 fully saturated rings. The van der Waals surface area contributed by atoms with E-state index in [9.17, 15) is 0 Å². The Morgan fingerprint density at radius 1 is 1.90 bits per heavy atom. The van der Waals surface area contributed by atoms with E-state index in [2.05, 4.69) is 13.2 Å². The predicted octanol–water partition coefficient (Wildman–Crippen LogP) is 1.25. The van der Waals surface area contributed by atoms with Crippen LogP contribution in [0.3, 0.4) is 0 Å². The fourth-order valence-corrected chi connectivity index (χ4v) is 0.434. The molecule has 1 N–H and O–H groups in total. The van der Waals surface area contributed by atoms with Crippen LogP contribution >= 0.6 is 0 Å². The number of aliphatic hydroxyl groups is 1. The van der Waals surface area contributed by atoms with Gasteiger partial charge in [-0.3, -0.25) is 0 Å². The first kappa shape index (κ1) is 8.93. The summed E-state index contributed by atoms with van der Waals surface area (Å²) in [6.45, 7) is 8.46. The molecular formula is C8H11NO. The van der Waals surface area contributed by atoms with Crippen LogP contribution in [0.4, 0.5) is 0 Å². The van der Waals surface area contributed by atoms with Gasteiger partial charge in [-0.1, -0.05) is 19.2 Å². The van der Waals surface area contributed by atoms with E-state index in [1.807, 2.05) is 6.07 Å². The minimum Gasteiger partial charge on any atom is -0.394 e. The van der Waals surface area contributed by atoms with E-state index in [1.165, 1.54) is 6.08 Å². The summed E-state index contributed by atoms with van der Waals surface area (Å²) in [7, 11) is 0. The van der Waals surface area contributed by atoms with E-state index in [1.54, 1.807) is 6.92 Å². The monoisotopic (exact) mass is 137 g/mol. The van der Waals surface area contributed by atoms with Crippen molar-refractivity contribution < 1.29 is 5.11 Å². The number of nitriles is 1. The number of rotatable bonds is 3. The van der Waals surface area contributed by atoms with Crippen LogP contribution in [-0.4, -0.2) is 11.7 Å². The molecule has 0 aliphatic heterocycles. The van der Waals surface area contributed by atoms with Crippen molar-refractivity contribution in [3.8, 4) is 6.07 Å². The molecule has 1 unspecified atom stereocenters. The number of hydrogen-bond acceptors (Lipinski definition) is 2. The van der Waals surface area contributed by atoms with Crippen molar-refractivity contribution in [1.82, 2.24) is 0 Å². The molecule has 54 valence electrons. The minimum atomic E-state index is -0.859. The van der Waals surface area contributed by atoms with E-state index >= 15 is 0 Å². The normalized spacial score (nSPS) is 14.9. The second-order valence-corrected chi connectivity index (χ2v) is 2.33. The van der Waals surface area contributed by atoms with Crippen LogP contribution in [0, 0.1) is 16.7 Å². The summed E-state index contributed by atoms with van der Waals surface area (Å²) in [5.74, 6) is 0. The van der Waals surface area contributed by atoms with Crippen LogP contribution in [0.2, 0.25) is 0 Å². The van der Waals surface area contributed by atoms with Gasteiger partial charge in [0, 0.05) is 0 Å². The lowest BCUT2D eigenvalue weighted by Gasteiger charge is -2.17. The quantitative estimate of drug-likeness (QED) is 0.595. The fourth-order valence-electron chi connectivity index (χ4n) is 0.434. The molecule has 0 aliphatic rings. The van der Waals surface area contributed by atoms with Gasteiger partial charge in [-0.15, -0.1) is 0 Å². The van der Waals surface area contributed by atoms with Crippen molar-refractivity contribution in [2.45, 2.75) is 6.92 Å². The molecule has 0 radical (unpaired) electrons. The number of nitrogens with zero attached hydrogens (tertiary/aromatic N) is 1. The van der Waals surface area contributed by atoms with E-state index in [0.717, 1.165) is 0 Å². The SMILES string of the molecule is C=CC(=C)C(C)(C#N)CO. The highest BCUT2D eigenvalue weighted by atomic mass is 16.3. The molecule has 0 aromatic heterocycles. The van der Waals surface area contributed by atoms with Gasteiger partial charge in [0.25, 0.3) is 0 Å². The Hall–Kier alpha value is -1.07. The molecule has 1 atom stereocenters. The third-order valence-electron chi connectivity index (χ3n) is 1.52. The maximum absolute atomic E-state index is 8.76. The number of aliphatic hydroxyl groups excluding tert-OH is 1. The highest BCUT2D eigenvalue weighted by molar-refractivity contribution is 5.27. The second-order valence-electron chi connectivity index (χ2n) is 2.33. The number of hydrogen-bond donors (Lipinski definition) is 1. The topological polar surface area (TPSA) is 44.0 Å². The highest BCUT2D eigenvalue weighted by Gasteiger charge is 2.24. The van der Waals surface area contributed by atoms with Crippen molar-refractivity contribution in [2.75, 3.05) is 6.61 Å². The molecule has 0 aromatic carbocycles. The second kappa shape index (κ2) is 3.19. The zero-order valence-electron chi connectivity index (χ0n) is 6.09. The maximum atomic E-state index is 8.76. The summed E-state index contributed by atoms with van der Waals surface area (Å²) in [5, 5.41) is 17.3. The van der Waals surface area contributed by atoms with Gasteiger partial charge in [0.1, 0.15) is 5.41 Å². The van der Waals surface area contributed by atoms with Crippen LogP contribution in [0.25, 0.3) is 0 Å². The third kappa shape index (κ3) is 1.46. The van der Waals surface area contributed by atoms with Crippen molar-refractivity contribution in [3.63, 3.8) is 0 Å². The molecule has 0 heterocycles. The molecule has 2 heteroatoms. The van der Waals surface area contributed by atoms with Gasteiger partial charge in [-0.25, -0.2) is 0 Å². The van der Waals surface area contributed by atoms with Gasteiger partial charge in [0.15, 0.2) is 0 Å². The standard InChI is InChI=1S/C8H11NO/c1-4-7(2)8(3,5-9)6-10/h4,10H,1-2,6H2,3H3. The van der Waals surface area contributed by atoms with Crippen LogP contribution in [0.5, 0.6) is 0 Å². The summed E-state index contributed by atoms with van der Waals surface area (Å²) in [6.07, 6.45) is 1.49. The Kier molecular flexibility index (Phi) is 2.85. The van der Waals surface area contributed by atoms with Crippen molar-refractivity contribution in [3.05, 3.63) is 24.8 Å². The molecule has 0 bridgehead atoms. The average Bonchev–Trinajstić information content (AvgIpc) is 2.01. The maximum Gasteiger partial charge on any atom is 0.102 e. The smallest absolute Gasteiger partial charge is 0.102 e. The van der Waals surface area contributed by atoms with Gasteiger partial charge in [-0.05, 0) is 12.5 Å². The molecule has 0 spiro atoms. The highest BCUT2D eigenvalue weighted by Crippen LogP contribution is 2.23. The van der Waals surface area contributed by atoms with Crippen molar-refractivity contribution in [2.24, 2.45) is 5.41 Å². The summed E-state index contributed by atoms with van der Waals surface area (Å²) >= 11 is 0. The molecule has 2 nitrogen and oxygen atoms in total. The van der Waals surface area contributed by atoms with E-state index in [4.69, 9.17) is 10.4 Å². The first-order chi connectivity index (χ1) is 4.60. The molecule has 0 saturated carbocycles. The van der Waals surface area contributed by atoms with Gasteiger partial charge in [-0.2, -0.15) is 5.26 Å². The van der Waals surface area contributed by atoms with Crippen LogP contribution in [0.15, 0.2) is 24.8 Å². The summed E-state index contributed by atoms with van der Waals surface area (Å²) < 4.78 is 0. The Bertz CT molecular complexity index is 190. The third-order valence-corrected chi connectivity index (χ3v) is 1.52. The zero-order valence-corrected chi connectivity index (χ0v) is 6.09. The summed E-state index contributed by atoms with van der Waals surface area (Å²) in [5.41, 5.74) is -0.306. The lowest BCUT2D eigenvalue weighted by atomic mass is 9.85. The van der Waals surface area contributed by atoms with Crippen LogP contribution in [0.1, 0.15) is 6.92 Å². The zero-order chi connectivity index (χ0) is 8.20. The Morgan fingerprint density at radius 2 is 2.40 bits per heavy atom.